The van der Waals surface area contributed by atoms with Gasteiger partial charge in [-0.15, -0.1) is 0 Å². The fourth-order valence-electron chi connectivity index (χ4n) is 1.31. The van der Waals surface area contributed by atoms with Gasteiger partial charge in [0.2, 0.25) is 0 Å². The Morgan fingerprint density at radius 2 is 2.06 bits per heavy atom. The van der Waals surface area contributed by atoms with Crippen LogP contribution in [-0.4, -0.2) is 31.9 Å². The summed E-state index contributed by atoms with van der Waals surface area (Å²) in [6.07, 6.45) is 1.23. The van der Waals surface area contributed by atoms with Crippen molar-refractivity contribution in [2.45, 2.75) is 51.4 Å². The van der Waals surface area contributed by atoms with E-state index in [2.05, 4.69) is 33.9 Å². The monoisotopic (exact) mass is 242 g/mol. The maximum absolute atomic E-state index is 11.5. The minimum absolute atomic E-state index is 0.0196. The Hall–Kier alpha value is -0.453. The van der Waals surface area contributed by atoms with Crippen molar-refractivity contribution < 1.29 is 14.3 Å². The third-order valence-electron chi connectivity index (χ3n) is 3.54. The molecule has 0 spiro atoms. The second kappa shape index (κ2) is 4.43. The average molecular weight is 242 g/mol. The first-order valence-electron chi connectivity index (χ1n) is 5.69. The lowest BCUT2D eigenvalue weighted by molar-refractivity contribution is -0.116. The molecule has 4 heteroatoms. The number of carbonyl (C=O) groups is 1. The topological polar surface area (TPSA) is 46.5 Å². The van der Waals surface area contributed by atoms with E-state index in [-0.39, 0.29) is 17.2 Å². The first-order chi connectivity index (χ1) is 7.13. The summed E-state index contributed by atoms with van der Waals surface area (Å²) in [5, 5.41) is 9.46. The maximum atomic E-state index is 11.5. The fourth-order valence-corrected chi connectivity index (χ4v) is 2.26. The van der Waals surface area contributed by atoms with Crippen LogP contribution in [0.15, 0.2) is 11.6 Å². The van der Waals surface area contributed by atoms with Crippen LogP contribution in [0.2, 0.25) is 18.1 Å². The highest BCUT2D eigenvalue weighted by molar-refractivity contribution is 6.74. The fraction of sp³-hybridized carbons (Fsp3) is 0.750. The molecule has 1 N–H and O–H groups in total. The van der Waals surface area contributed by atoms with Gasteiger partial charge in [-0.1, -0.05) is 20.8 Å². The molecule has 0 aliphatic heterocycles. The number of rotatable bonds is 3. The van der Waals surface area contributed by atoms with E-state index in [1.165, 1.54) is 0 Å². The first kappa shape index (κ1) is 13.6. The molecule has 1 rings (SSSR count). The first-order valence-corrected chi connectivity index (χ1v) is 8.60. The molecular formula is C12H22O3Si. The highest BCUT2D eigenvalue weighted by Gasteiger charge is 2.37. The van der Waals surface area contributed by atoms with E-state index in [0.717, 1.165) is 0 Å². The zero-order chi connectivity index (χ0) is 12.6. The molecule has 0 fully saturated rings. The van der Waals surface area contributed by atoms with E-state index in [4.69, 9.17) is 4.43 Å². The molecule has 0 bridgehead atoms. The van der Waals surface area contributed by atoms with Gasteiger partial charge in [0.25, 0.3) is 0 Å². The summed E-state index contributed by atoms with van der Waals surface area (Å²) in [7, 11) is -1.80. The number of hydrogen-bond donors (Lipinski definition) is 1. The molecule has 0 radical (unpaired) electrons. The van der Waals surface area contributed by atoms with Crippen LogP contribution in [0, 0.1) is 0 Å². The Morgan fingerprint density at radius 3 is 2.44 bits per heavy atom. The van der Waals surface area contributed by atoms with Gasteiger partial charge in [0.15, 0.2) is 14.1 Å². The van der Waals surface area contributed by atoms with Gasteiger partial charge in [0.05, 0.1) is 12.7 Å². The number of carbonyl (C=O) groups excluding carboxylic acids is 1. The molecule has 0 amide bonds. The van der Waals surface area contributed by atoms with Crippen molar-refractivity contribution in [3.8, 4) is 0 Å². The summed E-state index contributed by atoms with van der Waals surface area (Å²) in [6.45, 7) is 11.2. The quantitative estimate of drug-likeness (QED) is 0.772. The van der Waals surface area contributed by atoms with Gasteiger partial charge < -0.3 is 9.53 Å². The van der Waals surface area contributed by atoms with Crippen molar-refractivity contribution in [2.75, 3.05) is 6.61 Å². The van der Waals surface area contributed by atoms with Crippen LogP contribution >= 0.6 is 0 Å². The van der Waals surface area contributed by atoms with Gasteiger partial charge in [-0.25, -0.2) is 0 Å². The summed E-state index contributed by atoms with van der Waals surface area (Å²) >= 11 is 0. The van der Waals surface area contributed by atoms with Gasteiger partial charge >= 0.3 is 0 Å². The van der Waals surface area contributed by atoms with E-state index in [0.29, 0.717) is 12.2 Å². The zero-order valence-electron chi connectivity index (χ0n) is 10.8. The third-order valence-corrected chi connectivity index (χ3v) is 8.02. The van der Waals surface area contributed by atoms with Crippen LogP contribution < -0.4 is 0 Å². The van der Waals surface area contributed by atoms with Crippen molar-refractivity contribution in [3.05, 3.63) is 11.6 Å². The van der Waals surface area contributed by atoms with Gasteiger partial charge in [-0.2, -0.15) is 0 Å². The summed E-state index contributed by atoms with van der Waals surface area (Å²) in [4.78, 5) is 11.5. The number of ketones is 1. The molecular weight excluding hydrogens is 220 g/mol. The maximum Gasteiger partial charge on any atom is 0.192 e. The zero-order valence-corrected chi connectivity index (χ0v) is 11.8. The van der Waals surface area contributed by atoms with Gasteiger partial charge in [-0.05, 0) is 24.2 Å². The van der Waals surface area contributed by atoms with Crippen molar-refractivity contribution in [3.63, 3.8) is 0 Å². The van der Waals surface area contributed by atoms with Gasteiger partial charge in [0.1, 0.15) is 0 Å². The third kappa shape index (κ3) is 3.03. The molecule has 0 saturated carbocycles. The average Bonchev–Trinajstić information content (AvgIpc) is 2.39. The SMILES string of the molecule is CC(C)(C)[Si](C)(C)OCC1=C[C@@H](O)CC1=O. The number of hydrogen-bond acceptors (Lipinski definition) is 3. The molecule has 1 atom stereocenters. The lowest BCUT2D eigenvalue weighted by atomic mass is 10.2. The highest BCUT2D eigenvalue weighted by Crippen LogP contribution is 2.37. The molecule has 0 aromatic rings. The lowest BCUT2D eigenvalue weighted by Crippen LogP contribution is -2.41. The van der Waals surface area contributed by atoms with Crippen LogP contribution in [0.5, 0.6) is 0 Å². The van der Waals surface area contributed by atoms with Crippen LogP contribution in [-0.2, 0) is 9.22 Å². The summed E-state index contributed by atoms with van der Waals surface area (Å²) in [5.74, 6) is 0.0196. The van der Waals surface area contributed by atoms with Gasteiger partial charge in [0, 0.05) is 12.0 Å². The van der Waals surface area contributed by atoms with Crippen molar-refractivity contribution >= 4 is 14.1 Å². The van der Waals surface area contributed by atoms with E-state index in [1.807, 2.05) is 0 Å². The molecule has 0 aromatic heterocycles. The highest BCUT2D eigenvalue weighted by atomic mass is 28.4. The molecule has 3 nitrogen and oxygen atoms in total. The van der Waals surface area contributed by atoms with Crippen molar-refractivity contribution in [1.29, 1.82) is 0 Å². The Kier molecular flexibility index (Phi) is 3.77. The molecule has 16 heavy (non-hydrogen) atoms. The minimum atomic E-state index is -1.80. The number of aliphatic hydroxyl groups is 1. The van der Waals surface area contributed by atoms with E-state index < -0.39 is 14.4 Å². The van der Waals surface area contributed by atoms with E-state index in [1.54, 1.807) is 6.08 Å². The molecule has 1 aliphatic rings. The predicted molar refractivity (Wildman–Crippen MR) is 66.9 cm³/mol. The molecule has 0 aromatic carbocycles. The van der Waals surface area contributed by atoms with Gasteiger partial charge in [-0.3, -0.25) is 4.79 Å². The van der Waals surface area contributed by atoms with E-state index in [9.17, 15) is 9.90 Å². The Morgan fingerprint density at radius 1 is 1.50 bits per heavy atom. The predicted octanol–water partition coefficient (Wildman–Crippen LogP) is 2.27. The Bertz CT molecular complexity index is 313. The number of Topliss-reactive ketones (excluding diaryl/α,β-unsaturated/α-hetero) is 1. The number of aliphatic hydroxyl groups excluding tert-OH is 1. The van der Waals surface area contributed by atoms with Crippen molar-refractivity contribution in [2.24, 2.45) is 0 Å². The molecule has 1 aliphatic carbocycles. The standard InChI is InChI=1S/C12H22O3Si/c1-12(2,3)16(4,5)15-8-9-6-10(13)7-11(9)14/h6,10,13H,7-8H2,1-5H3/t10-/m1/s1. The second-order valence-electron chi connectivity index (χ2n) is 5.94. The largest absolute Gasteiger partial charge is 0.412 e. The normalized spacial score (nSPS) is 22.5. The molecule has 0 saturated heterocycles. The smallest absolute Gasteiger partial charge is 0.192 e. The summed E-state index contributed by atoms with van der Waals surface area (Å²) in [5.41, 5.74) is 0.636. The van der Waals surface area contributed by atoms with Crippen LogP contribution in [0.25, 0.3) is 0 Å². The lowest BCUT2D eigenvalue weighted by Gasteiger charge is -2.36. The van der Waals surface area contributed by atoms with Crippen LogP contribution in [0.3, 0.4) is 0 Å². The Balaban J connectivity index is 2.59. The Labute approximate surface area is 98.6 Å². The molecule has 0 unspecified atom stereocenters. The van der Waals surface area contributed by atoms with Crippen LogP contribution in [0.4, 0.5) is 0 Å². The molecule has 0 heterocycles. The molecule has 92 valence electrons. The minimum Gasteiger partial charge on any atom is -0.412 e. The summed E-state index contributed by atoms with van der Waals surface area (Å²) in [6, 6.07) is 0. The summed E-state index contributed by atoms with van der Waals surface area (Å²) < 4.78 is 5.94. The van der Waals surface area contributed by atoms with Crippen molar-refractivity contribution in [1.82, 2.24) is 0 Å². The van der Waals surface area contributed by atoms with E-state index >= 15 is 0 Å². The van der Waals surface area contributed by atoms with Crippen LogP contribution in [0.1, 0.15) is 27.2 Å². The second-order valence-corrected chi connectivity index (χ2v) is 10.7.